The maximum Gasteiger partial charge on any atom is 0.377 e. The zero-order chi connectivity index (χ0) is 11.5. The molecule has 16 heavy (non-hydrogen) atoms. The predicted molar refractivity (Wildman–Crippen MR) is 54.2 cm³/mol. The summed E-state index contributed by atoms with van der Waals surface area (Å²) < 4.78 is 8.63. The van der Waals surface area contributed by atoms with Crippen LogP contribution >= 0.6 is 11.5 Å². The molecule has 8 heteroatoms. The third-order valence-electron chi connectivity index (χ3n) is 1.85. The fourth-order valence-electron chi connectivity index (χ4n) is 1.17. The van der Waals surface area contributed by atoms with Gasteiger partial charge in [-0.15, -0.1) is 5.10 Å². The quantitative estimate of drug-likeness (QED) is 0.857. The first kappa shape index (κ1) is 10.7. The fourth-order valence-corrected chi connectivity index (χ4v) is 1.80. The van der Waals surface area contributed by atoms with Crippen LogP contribution in [0, 0.1) is 0 Å². The monoisotopic (exact) mass is 240 g/mol. The van der Waals surface area contributed by atoms with E-state index in [2.05, 4.69) is 19.7 Å². The van der Waals surface area contributed by atoms with Gasteiger partial charge in [0.2, 0.25) is 0 Å². The van der Waals surface area contributed by atoms with Crippen LogP contribution in [0.2, 0.25) is 0 Å². The number of nitrogens with zero attached hydrogens (tertiary/aromatic N) is 4. The third kappa shape index (κ3) is 1.91. The summed E-state index contributed by atoms with van der Waals surface area (Å²) in [6.07, 6.45) is 1.66. The summed E-state index contributed by atoms with van der Waals surface area (Å²) in [7, 11) is 0. The van der Waals surface area contributed by atoms with Gasteiger partial charge in [0.25, 0.3) is 11.7 Å². The molecule has 84 valence electrons. The highest BCUT2D eigenvalue weighted by Gasteiger charge is 2.19. The highest BCUT2D eigenvalue weighted by Crippen LogP contribution is 2.25. The average molecular weight is 240 g/mol. The number of carboxylic acids is 1. The summed E-state index contributed by atoms with van der Waals surface area (Å²) in [5.41, 5.74) is 0.757. The van der Waals surface area contributed by atoms with Crippen LogP contribution in [0.1, 0.15) is 29.7 Å². The second kappa shape index (κ2) is 4.35. The van der Waals surface area contributed by atoms with Gasteiger partial charge < -0.3 is 9.63 Å². The van der Waals surface area contributed by atoms with Crippen LogP contribution in [0.25, 0.3) is 10.8 Å². The van der Waals surface area contributed by atoms with Crippen molar-refractivity contribution in [2.75, 3.05) is 0 Å². The molecule has 0 fully saturated rings. The van der Waals surface area contributed by atoms with E-state index in [-0.39, 0.29) is 11.7 Å². The van der Waals surface area contributed by atoms with Crippen LogP contribution in [0.5, 0.6) is 0 Å². The summed E-state index contributed by atoms with van der Waals surface area (Å²) in [4.78, 5) is 15.0. The molecule has 2 aromatic rings. The minimum absolute atomic E-state index is 0.163. The van der Waals surface area contributed by atoms with E-state index in [9.17, 15) is 4.79 Å². The van der Waals surface area contributed by atoms with E-state index in [1.54, 1.807) is 0 Å². The number of rotatable bonds is 4. The molecule has 0 aliphatic heterocycles. The number of carbonyl (C=O) groups is 1. The third-order valence-corrected chi connectivity index (χ3v) is 2.61. The van der Waals surface area contributed by atoms with Gasteiger partial charge in [-0.2, -0.15) is 4.98 Å². The lowest BCUT2D eigenvalue weighted by atomic mass is 10.2. The van der Waals surface area contributed by atoms with E-state index in [4.69, 9.17) is 9.63 Å². The number of aryl methyl sites for hydroxylation is 1. The van der Waals surface area contributed by atoms with Crippen molar-refractivity contribution in [2.45, 2.75) is 19.8 Å². The molecule has 0 spiro atoms. The van der Waals surface area contributed by atoms with Crippen molar-refractivity contribution in [3.05, 3.63) is 11.5 Å². The maximum absolute atomic E-state index is 10.6. The molecule has 0 aromatic carbocycles. The Morgan fingerprint density at radius 3 is 3.00 bits per heavy atom. The first-order chi connectivity index (χ1) is 7.72. The number of aromatic nitrogens is 4. The largest absolute Gasteiger partial charge is 0.475 e. The summed E-state index contributed by atoms with van der Waals surface area (Å²) in [6.45, 7) is 2.01. The Balaban J connectivity index is 2.34. The second-order valence-corrected chi connectivity index (χ2v) is 3.78. The van der Waals surface area contributed by atoms with Gasteiger partial charge in [0, 0.05) is 0 Å². The molecule has 0 aliphatic rings. The molecule has 0 saturated heterocycles. The van der Waals surface area contributed by atoms with Crippen LogP contribution in [-0.4, -0.2) is 30.8 Å². The molecule has 1 N–H and O–H groups in total. The Morgan fingerprint density at radius 2 is 2.38 bits per heavy atom. The van der Waals surface area contributed by atoms with E-state index in [1.165, 1.54) is 0 Å². The van der Waals surface area contributed by atoms with Crippen molar-refractivity contribution in [1.82, 2.24) is 19.7 Å². The summed E-state index contributed by atoms with van der Waals surface area (Å²) in [6, 6.07) is 0. The van der Waals surface area contributed by atoms with Crippen molar-refractivity contribution >= 4 is 17.5 Å². The van der Waals surface area contributed by atoms with Crippen LogP contribution < -0.4 is 0 Å². The van der Waals surface area contributed by atoms with Crippen molar-refractivity contribution in [2.24, 2.45) is 0 Å². The lowest BCUT2D eigenvalue weighted by Gasteiger charge is -1.91. The molecule has 0 amide bonds. The van der Waals surface area contributed by atoms with Crippen molar-refractivity contribution < 1.29 is 14.4 Å². The zero-order valence-electron chi connectivity index (χ0n) is 8.38. The second-order valence-electron chi connectivity index (χ2n) is 3.03. The molecule has 2 heterocycles. The van der Waals surface area contributed by atoms with Crippen molar-refractivity contribution in [3.63, 3.8) is 0 Å². The van der Waals surface area contributed by atoms with Gasteiger partial charge in [0.05, 0.1) is 5.69 Å². The van der Waals surface area contributed by atoms with Crippen LogP contribution in [0.3, 0.4) is 0 Å². The molecule has 0 saturated carbocycles. The SMILES string of the molecule is CCCc1nnsc1-c1nc(C(=O)O)no1. The van der Waals surface area contributed by atoms with Crippen molar-refractivity contribution in [3.8, 4) is 10.8 Å². The highest BCUT2D eigenvalue weighted by atomic mass is 32.1. The Hall–Kier alpha value is -1.83. The van der Waals surface area contributed by atoms with Gasteiger partial charge in [0.1, 0.15) is 4.88 Å². The average Bonchev–Trinajstić information content (AvgIpc) is 2.84. The Bertz CT molecular complexity index is 507. The normalized spacial score (nSPS) is 10.6. The smallest absolute Gasteiger partial charge is 0.377 e. The maximum atomic E-state index is 10.6. The molecule has 2 aromatic heterocycles. The lowest BCUT2D eigenvalue weighted by Crippen LogP contribution is -1.98. The van der Waals surface area contributed by atoms with E-state index in [1.807, 2.05) is 6.92 Å². The molecule has 2 rings (SSSR count). The topological polar surface area (TPSA) is 102 Å². The summed E-state index contributed by atoms with van der Waals surface area (Å²) in [5, 5.41) is 15.9. The van der Waals surface area contributed by atoms with Gasteiger partial charge in [-0.3, -0.25) is 0 Å². The van der Waals surface area contributed by atoms with Gasteiger partial charge >= 0.3 is 5.97 Å². The number of aromatic carboxylic acids is 1. The fraction of sp³-hybridized carbons (Fsp3) is 0.375. The summed E-state index contributed by atoms with van der Waals surface area (Å²) >= 11 is 1.12. The molecule has 0 unspecified atom stereocenters. The molecule has 7 nitrogen and oxygen atoms in total. The van der Waals surface area contributed by atoms with Gasteiger partial charge in [-0.05, 0) is 23.1 Å². The van der Waals surface area contributed by atoms with Gasteiger partial charge in [-0.25, -0.2) is 4.79 Å². The highest BCUT2D eigenvalue weighted by molar-refractivity contribution is 7.09. The number of carboxylic acid groups (broad SMARTS) is 1. The molecule has 0 radical (unpaired) electrons. The van der Waals surface area contributed by atoms with Crippen molar-refractivity contribution in [1.29, 1.82) is 0 Å². The standard InChI is InChI=1S/C8H8N4O3S/c1-2-3-4-5(16-12-10-4)7-9-6(8(13)14)11-15-7/h2-3H2,1H3,(H,13,14). The van der Waals surface area contributed by atoms with Crippen LogP contribution in [0.15, 0.2) is 4.52 Å². The van der Waals surface area contributed by atoms with E-state index in [0.29, 0.717) is 4.88 Å². The lowest BCUT2D eigenvalue weighted by molar-refractivity contribution is 0.0680. The Morgan fingerprint density at radius 1 is 1.56 bits per heavy atom. The van der Waals surface area contributed by atoms with E-state index in [0.717, 1.165) is 30.1 Å². The Kier molecular flexibility index (Phi) is 2.91. The predicted octanol–water partition coefficient (Wildman–Crippen LogP) is 1.24. The van der Waals surface area contributed by atoms with Crippen LogP contribution in [0.4, 0.5) is 0 Å². The van der Waals surface area contributed by atoms with Gasteiger partial charge in [-0.1, -0.05) is 17.8 Å². The first-order valence-corrected chi connectivity index (χ1v) is 5.38. The van der Waals surface area contributed by atoms with E-state index < -0.39 is 5.97 Å². The molecular weight excluding hydrogens is 232 g/mol. The molecule has 0 aliphatic carbocycles. The number of hydrogen-bond donors (Lipinski definition) is 1. The Labute approximate surface area is 94.3 Å². The zero-order valence-corrected chi connectivity index (χ0v) is 9.19. The minimum atomic E-state index is -1.22. The molecular formula is C8H8N4O3S. The summed E-state index contributed by atoms with van der Waals surface area (Å²) in [5.74, 6) is -1.41. The first-order valence-electron chi connectivity index (χ1n) is 4.61. The number of hydrogen-bond acceptors (Lipinski definition) is 7. The van der Waals surface area contributed by atoms with Gasteiger partial charge in [0.15, 0.2) is 0 Å². The molecule has 0 bridgehead atoms. The molecule has 0 atom stereocenters. The minimum Gasteiger partial charge on any atom is -0.475 e. The van der Waals surface area contributed by atoms with E-state index >= 15 is 0 Å². The van der Waals surface area contributed by atoms with Crippen LogP contribution in [-0.2, 0) is 6.42 Å².